The quantitative estimate of drug-likeness (QED) is 0.0839. The van der Waals surface area contributed by atoms with E-state index in [4.69, 9.17) is 21.6 Å². The number of rotatable bonds is 9. The first kappa shape index (κ1) is 26.7. The molecular formula is C26H29N7O4. The monoisotopic (exact) mass is 503 g/mol. The first-order chi connectivity index (χ1) is 17.7. The van der Waals surface area contributed by atoms with Gasteiger partial charge in [-0.05, 0) is 47.2 Å². The van der Waals surface area contributed by atoms with E-state index >= 15 is 0 Å². The fourth-order valence-electron chi connectivity index (χ4n) is 3.58. The van der Waals surface area contributed by atoms with Crippen molar-refractivity contribution >= 4 is 46.0 Å². The lowest BCUT2D eigenvalue weighted by atomic mass is 9.98. The van der Waals surface area contributed by atoms with Crippen molar-refractivity contribution in [3.05, 3.63) is 71.3 Å². The number of nitrogens with zero attached hydrogens (tertiary/aromatic N) is 1. The van der Waals surface area contributed by atoms with Crippen LogP contribution in [-0.2, 0) is 16.0 Å². The van der Waals surface area contributed by atoms with Crippen LogP contribution in [0.2, 0.25) is 0 Å². The van der Waals surface area contributed by atoms with Crippen molar-refractivity contribution in [3.8, 4) is 5.75 Å². The van der Waals surface area contributed by atoms with Crippen LogP contribution < -0.4 is 32.2 Å². The number of nitrogens with one attached hydrogen (secondary N) is 4. The van der Waals surface area contributed by atoms with E-state index in [9.17, 15) is 14.4 Å². The molecule has 0 saturated heterocycles. The Labute approximate surface area is 213 Å². The lowest BCUT2D eigenvalue weighted by molar-refractivity contribution is -0.119. The zero-order valence-corrected chi connectivity index (χ0v) is 20.6. The Hall–Kier alpha value is -4.93. The largest absolute Gasteiger partial charge is 0.423 e. The number of amidine groups is 1. The van der Waals surface area contributed by atoms with Crippen LogP contribution >= 0.6 is 0 Å². The molecule has 3 aromatic rings. The predicted molar refractivity (Wildman–Crippen MR) is 143 cm³/mol. The number of fused-ring (bicyclic) bond motifs is 1. The first-order valence-corrected chi connectivity index (χ1v) is 11.4. The van der Waals surface area contributed by atoms with Crippen molar-refractivity contribution < 1.29 is 19.1 Å². The maximum atomic E-state index is 12.9. The van der Waals surface area contributed by atoms with Gasteiger partial charge in [-0.3, -0.25) is 20.0 Å². The van der Waals surface area contributed by atoms with Crippen molar-refractivity contribution in [1.29, 1.82) is 5.41 Å². The van der Waals surface area contributed by atoms with Gasteiger partial charge in [0.1, 0.15) is 11.6 Å². The Morgan fingerprint density at radius 1 is 0.946 bits per heavy atom. The number of carbonyl (C=O) groups is 3. The molecule has 8 N–H and O–H groups in total. The van der Waals surface area contributed by atoms with E-state index in [-0.39, 0.29) is 23.9 Å². The van der Waals surface area contributed by atoms with Crippen LogP contribution in [-0.4, -0.2) is 49.7 Å². The number of esters is 1. The van der Waals surface area contributed by atoms with Crippen molar-refractivity contribution in [2.24, 2.45) is 16.5 Å². The number of benzene rings is 3. The summed E-state index contributed by atoms with van der Waals surface area (Å²) in [4.78, 5) is 39.7. The molecule has 2 amide bonds. The second-order valence-corrected chi connectivity index (χ2v) is 8.11. The van der Waals surface area contributed by atoms with E-state index in [2.05, 4.69) is 20.9 Å². The molecule has 0 spiro atoms. The van der Waals surface area contributed by atoms with Gasteiger partial charge in [0, 0.05) is 43.9 Å². The summed E-state index contributed by atoms with van der Waals surface area (Å²) in [6.07, 6.45) is -0.129. The van der Waals surface area contributed by atoms with Gasteiger partial charge in [0.15, 0.2) is 5.96 Å². The van der Waals surface area contributed by atoms with Crippen LogP contribution in [0, 0.1) is 5.41 Å². The second kappa shape index (κ2) is 12.2. The number of nitrogens with two attached hydrogens (primary N) is 2. The van der Waals surface area contributed by atoms with E-state index in [0.29, 0.717) is 46.8 Å². The minimum atomic E-state index is -0.602. The van der Waals surface area contributed by atoms with Crippen LogP contribution in [0.1, 0.15) is 28.4 Å². The predicted octanol–water partition coefficient (Wildman–Crippen LogP) is 1.49. The lowest BCUT2D eigenvalue weighted by Crippen LogP contribution is -2.37. The lowest BCUT2D eigenvalue weighted by Gasteiger charge is -2.14. The molecule has 11 nitrogen and oxygen atoms in total. The third-order valence-corrected chi connectivity index (χ3v) is 5.35. The molecule has 0 bridgehead atoms. The van der Waals surface area contributed by atoms with Gasteiger partial charge < -0.3 is 32.2 Å². The Balaban J connectivity index is 1.74. The van der Waals surface area contributed by atoms with E-state index in [1.54, 1.807) is 61.6 Å². The van der Waals surface area contributed by atoms with Gasteiger partial charge in [-0.1, -0.05) is 18.2 Å². The highest BCUT2D eigenvalue weighted by molar-refractivity contribution is 6.01. The van der Waals surface area contributed by atoms with Crippen LogP contribution in [0.3, 0.4) is 0 Å². The minimum Gasteiger partial charge on any atom is -0.423 e. The number of anilines is 1. The van der Waals surface area contributed by atoms with Crippen molar-refractivity contribution in [2.45, 2.75) is 13.3 Å². The van der Waals surface area contributed by atoms with Gasteiger partial charge in [0.2, 0.25) is 11.8 Å². The maximum absolute atomic E-state index is 12.9. The third-order valence-electron chi connectivity index (χ3n) is 5.35. The molecule has 0 aromatic heterocycles. The summed E-state index contributed by atoms with van der Waals surface area (Å²) in [6, 6.07) is 15.0. The molecule has 3 rings (SSSR count). The Bertz CT molecular complexity index is 1370. The molecular weight excluding hydrogens is 474 g/mol. The fraction of sp³-hybridized carbons (Fsp3) is 0.192. The van der Waals surface area contributed by atoms with Gasteiger partial charge in [0.25, 0.3) is 0 Å². The van der Waals surface area contributed by atoms with Crippen LogP contribution in [0.25, 0.3) is 10.8 Å². The number of nitrogen functional groups attached to an aromatic ring is 1. The number of carbonyl (C=O) groups excluding carboxylic acids is 3. The van der Waals surface area contributed by atoms with E-state index in [1.165, 1.54) is 6.92 Å². The molecule has 3 aromatic carbocycles. The van der Waals surface area contributed by atoms with E-state index in [0.717, 1.165) is 5.39 Å². The highest BCUT2D eigenvalue weighted by atomic mass is 16.5. The number of primary amides is 1. The molecule has 0 aliphatic rings. The standard InChI is InChI=1S/C26H29N7O4/c1-15(34)31-11-12-32-26(30-2)33-19-7-3-16(4-8-19)25(36)37-22-10-6-17-13-18(24(28)29)5-9-20(17)21(22)14-23(27)35/h3-10,13H,11-12,14H2,1-2H3,(H2,27,35)(H3,28,29)(H,31,34)(H2,30,32,33). The summed E-state index contributed by atoms with van der Waals surface area (Å²) in [5.74, 6) is -0.645. The summed E-state index contributed by atoms with van der Waals surface area (Å²) < 4.78 is 5.64. The number of hydrogen-bond donors (Lipinski definition) is 6. The van der Waals surface area contributed by atoms with Crippen LogP contribution in [0.15, 0.2) is 59.6 Å². The summed E-state index contributed by atoms with van der Waals surface area (Å²) in [6.45, 7) is 2.38. The fourth-order valence-corrected chi connectivity index (χ4v) is 3.58. The molecule has 0 aliphatic heterocycles. The molecule has 11 heteroatoms. The molecule has 0 radical (unpaired) electrons. The van der Waals surface area contributed by atoms with Crippen LogP contribution in [0.4, 0.5) is 5.69 Å². The summed E-state index contributed by atoms with van der Waals surface area (Å²) in [5, 5.41) is 17.9. The Morgan fingerprint density at radius 3 is 2.24 bits per heavy atom. The van der Waals surface area contributed by atoms with Crippen molar-refractivity contribution in [2.75, 3.05) is 25.5 Å². The van der Waals surface area contributed by atoms with Gasteiger partial charge in [0.05, 0.1) is 12.0 Å². The average Bonchev–Trinajstić information content (AvgIpc) is 2.86. The molecule has 192 valence electrons. The van der Waals surface area contributed by atoms with Gasteiger partial charge in [-0.15, -0.1) is 0 Å². The number of ether oxygens (including phenoxy) is 1. The average molecular weight is 504 g/mol. The minimum absolute atomic E-state index is 0.0788. The maximum Gasteiger partial charge on any atom is 0.343 e. The summed E-state index contributed by atoms with van der Waals surface area (Å²) >= 11 is 0. The molecule has 0 saturated carbocycles. The highest BCUT2D eigenvalue weighted by Crippen LogP contribution is 2.30. The molecule has 0 unspecified atom stereocenters. The SMILES string of the molecule is CN=C(NCCNC(C)=O)Nc1ccc(C(=O)Oc2ccc3cc(C(=N)N)ccc3c2CC(N)=O)cc1. The number of aliphatic imine (C=N–C) groups is 1. The molecule has 37 heavy (non-hydrogen) atoms. The highest BCUT2D eigenvalue weighted by Gasteiger charge is 2.17. The van der Waals surface area contributed by atoms with E-state index in [1.807, 2.05) is 0 Å². The van der Waals surface area contributed by atoms with Crippen LogP contribution in [0.5, 0.6) is 5.75 Å². The topological polar surface area (TPSA) is 185 Å². The van der Waals surface area contributed by atoms with Gasteiger partial charge in [-0.2, -0.15) is 0 Å². The first-order valence-electron chi connectivity index (χ1n) is 11.4. The summed E-state index contributed by atoms with van der Waals surface area (Å²) in [5.41, 5.74) is 13.0. The van der Waals surface area contributed by atoms with Gasteiger partial charge in [-0.25, -0.2) is 4.79 Å². The Kier molecular flexibility index (Phi) is 8.76. The van der Waals surface area contributed by atoms with E-state index < -0.39 is 11.9 Å². The molecule has 0 fully saturated rings. The molecule has 0 aliphatic carbocycles. The second-order valence-electron chi connectivity index (χ2n) is 8.11. The normalized spacial score (nSPS) is 11.0. The number of guanidine groups is 1. The molecule has 0 heterocycles. The number of amides is 2. The zero-order valence-electron chi connectivity index (χ0n) is 20.6. The smallest absolute Gasteiger partial charge is 0.343 e. The third kappa shape index (κ3) is 7.28. The molecule has 0 atom stereocenters. The number of hydrogen-bond acceptors (Lipinski definition) is 6. The van der Waals surface area contributed by atoms with Crippen molar-refractivity contribution in [1.82, 2.24) is 10.6 Å². The zero-order chi connectivity index (χ0) is 26.9. The summed E-state index contributed by atoms with van der Waals surface area (Å²) in [7, 11) is 1.62. The van der Waals surface area contributed by atoms with Gasteiger partial charge >= 0.3 is 5.97 Å². The Morgan fingerprint density at radius 2 is 1.62 bits per heavy atom. The van der Waals surface area contributed by atoms with Crippen molar-refractivity contribution in [3.63, 3.8) is 0 Å².